The lowest BCUT2D eigenvalue weighted by Gasteiger charge is -2.43. The van der Waals surface area contributed by atoms with Crippen LogP contribution >= 0.6 is 0 Å². The summed E-state index contributed by atoms with van der Waals surface area (Å²) in [5.74, 6) is 2.15. The smallest absolute Gasteiger partial charge is 0.255 e. The minimum atomic E-state index is -0.333. The zero-order valence-electron chi connectivity index (χ0n) is 15.8. The van der Waals surface area contributed by atoms with Gasteiger partial charge < -0.3 is 14.8 Å². The first-order valence-electron chi connectivity index (χ1n) is 10.1. The van der Waals surface area contributed by atoms with E-state index < -0.39 is 0 Å². The fraction of sp³-hybridized carbons (Fsp3) is 0.667. The summed E-state index contributed by atoms with van der Waals surface area (Å²) in [5, 5.41) is 3.09. The molecule has 1 saturated heterocycles. The molecular formula is C21H30N2O3. The number of hydrogen-bond donors (Lipinski definition) is 1. The van der Waals surface area contributed by atoms with Crippen molar-refractivity contribution in [3.8, 4) is 11.5 Å². The maximum absolute atomic E-state index is 12.5. The van der Waals surface area contributed by atoms with Crippen molar-refractivity contribution in [1.29, 1.82) is 0 Å². The van der Waals surface area contributed by atoms with Gasteiger partial charge in [-0.1, -0.05) is 19.3 Å². The number of nitrogens with one attached hydrogen (secondary N) is 1. The summed E-state index contributed by atoms with van der Waals surface area (Å²) in [6.45, 7) is 3.77. The Labute approximate surface area is 156 Å². The number of amides is 1. The number of carbonyl (C=O) groups excluding carboxylic acids is 1. The fourth-order valence-corrected chi connectivity index (χ4v) is 4.82. The molecule has 1 aliphatic carbocycles. The van der Waals surface area contributed by atoms with Gasteiger partial charge in [-0.05, 0) is 50.3 Å². The third kappa shape index (κ3) is 3.68. The number of likely N-dealkylation sites (tertiary alicyclic amines) is 1. The number of nitrogens with zero attached hydrogens (tertiary/aromatic N) is 1. The van der Waals surface area contributed by atoms with Gasteiger partial charge in [-0.15, -0.1) is 0 Å². The molecule has 1 amide bonds. The van der Waals surface area contributed by atoms with Crippen LogP contribution < -0.4 is 14.8 Å². The molecule has 5 nitrogen and oxygen atoms in total. The predicted molar refractivity (Wildman–Crippen MR) is 101 cm³/mol. The van der Waals surface area contributed by atoms with Crippen molar-refractivity contribution in [2.24, 2.45) is 5.92 Å². The van der Waals surface area contributed by atoms with Gasteiger partial charge in [-0.25, -0.2) is 0 Å². The van der Waals surface area contributed by atoms with Crippen LogP contribution in [0.25, 0.3) is 0 Å². The summed E-state index contributed by atoms with van der Waals surface area (Å²) < 4.78 is 11.8. The van der Waals surface area contributed by atoms with Crippen molar-refractivity contribution in [3.05, 3.63) is 23.8 Å². The Morgan fingerprint density at radius 2 is 2.12 bits per heavy atom. The van der Waals surface area contributed by atoms with Crippen LogP contribution in [0, 0.1) is 5.92 Å². The molecule has 2 aliphatic heterocycles. The highest BCUT2D eigenvalue weighted by Gasteiger charge is 2.41. The Hall–Kier alpha value is -1.75. The Morgan fingerprint density at radius 1 is 1.27 bits per heavy atom. The van der Waals surface area contributed by atoms with Gasteiger partial charge in [-0.2, -0.15) is 0 Å². The number of piperidine rings is 1. The van der Waals surface area contributed by atoms with E-state index in [2.05, 4.69) is 10.2 Å². The van der Waals surface area contributed by atoms with Crippen LogP contribution in [0.15, 0.2) is 18.2 Å². The third-order valence-electron chi connectivity index (χ3n) is 6.19. The maximum Gasteiger partial charge on any atom is 0.255 e. The normalized spacial score (nSPS) is 27.3. The van der Waals surface area contributed by atoms with Crippen molar-refractivity contribution >= 4 is 5.91 Å². The Balaban J connectivity index is 1.52. The molecule has 1 aromatic rings. The second-order valence-electron chi connectivity index (χ2n) is 8.17. The van der Waals surface area contributed by atoms with Gasteiger partial charge in [0, 0.05) is 19.2 Å². The number of fused-ring (bicyclic) bond motifs is 1. The molecule has 5 heteroatoms. The lowest BCUT2D eigenvalue weighted by atomic mass is 9.87. The van der Waals surface area contributed by atoms with Crippen LogP contribution in [-0.4, -0.2) is 49.7 Å². The zero-order valence-corrected chi connectivity index (χ0v) is 15.8. The first kappa shape index (κ1) is 17.7. The molecule has 0 radical (unpaired) electrons. The highest BCUT2D eigenvalue weighted by Crippen LogP contribution is 2.35. The van der Waals surface area contributed by atoms with Crippen molar-refractivity contribution < 1.29 is 14.3 Å². The Kier molecular flexibility index (Phi) is 5.07. The molecule has 142 valence electrons. The molecule has 1 aromatic carbocycles. The lowest BCUT2D eigenvalue weighted by Crippen LogP contribution is -2.57. The quantitative estimate of drug-likeness (QED) is 0.901. The molecule has 0 unspecified atom stereocenters. The number of rotatable bonds is 3. The van der Waals surface area contributed by atoms with Gasteiger partial charge in [0.15, 0.2) is 0 Å². The minimum Gasteiger partial charge on any atom is -0.497 e. The molecular weight excluding hydrogens is 328 g/mol. The van der Waals surface area contributed by atoms with Crippen LogP contribution in [0.2, 0.25) is 0 Å². The largest absolute Gasteiger partial charge is 0.497 e. The van der Waals surface area contributed by atoms with E-state index in [9.17, 15) is 4.79 Å². The number of benzene rings is 1. The molecule has 0 aromatic heterocycles. The zero-order chi connectivity index (χ0) is 18.0. The highest BCUT2D eigenvalue weighted by atomic mass is 16.5. The van der Waals surface area contributed by atoms with E-state index in [0.717, 1.165) is 37.6 Å². The van der Waals surface area contributed by atoms with E-state index in [1.807, 2.05) is 12.1 Å². The Morgan fingerprint density at radius 3 is 2.92 bits per heavy atom. The molecule has 1 N–H and O–H groups in total. The van der Waals surface area contributed by atoms with Crippen LogP contribution in [-0.2, 0) is 0 Å². The topological polar surface area (TPSA) is 50.8 Å². The van der Waals surface area contributed by atoms with E-state index >= 15 is 0 Å². The average Bonchev–Trinajstić information content (AvgIpc) is 2.79. The van der Waals surface area contributed by atoms with E-state index in [0.29, 0.717) is 17.9 Å². The molecule has 3 aliphatic rings. The number of hydrogen-bond acceptors (Lipinski definition) is 4. The van der Waals surface area contributed by atoms with Gasteiger partial charge >= 0.3 is 0 Å². The van der Waals surface area contributed by atoms with Crippen LogP contribution in [0.1, 0.15) is 55.3 Å². The fourth-order valence-electron chi connectivity index (χ4n) is 4.82. The first-order valence-corrected chi connectivity index (χ1v) is 10.1. The predicted octanol–water partition coefficient (Wildman–Crippen LogP) is 3.23. The van der Waals surface area contributed by atoms with Gasteiger partial charge in [0.2, 0.25) is 0 Å². The molecule has 1 spiro atoms. The standard InChI is InChI=1S/C21H30N2O3/c1-25-17-8-9-18-19(12-17)26-21(14-22-20(18)24)10-5-11-23(15-21)13-16-6-3-2-4-7-16/h8-9,12,16H,2-7,10-11,13-15H2,1H3,(H,22,24)/t21-/m0/s1. The van der Waals surface area contributed by atoms with Crippen molar-refractivity contribution in [2.75, 3.05) is 33.3 Å². The van der Waals surface area contributed by atoms with Crippen LogP contribution in [0.5, 0.6) is 11.5 Å². The molecule has 0 bridgehead atoms. The number of carbonyl (C=O) groups is 1. The monoisotopic (exact) mass is 358 g/mol. The molecule has 2 fully saturated rings. The second-order valence-corrected chi connectivity index (χ2v) is 8.17. The van der Waals surface area contributed by atoms with Gasteiger partial charge in [0.1, 0.15) is 17.1 Å². The summed E-state index contributed by atoms with van der Waals surface area (Å²) in [4.78, 5) is 15.1. The van der Waals surface area contributed by atoms with Crippen molar-refractivity contribution in [2.45, 2.75) is 50.5 Å². The number of ether oxygens (including phenoxy) is 2. The molecule has 4 rings (SSSR count). The molecule has 26 heavy (non-hydrogen) atoms. The average molecular weight is 358 g/mol. The third-order valence-corrected chi connectivity index (χ3v) is 6.19. The van der Waals surface area contributed by atoms with E-state index in [4.69, 9.17) is 9.47 Å². The summed E-state index contributed by atoms with van der Waals surface area (Å²) in [7, 11) is 1.64. The molecule has 1 saturated carbocycles. The van der Waals surface area contributed by atoms with Crippen LogP contribution in [0.4, 0.5) is 0 Å². The molecule has 1 atom stereocenters. The second kappa shape index (κ2) is 7.47. The van der Waals surface area contributed by atoms with Crippen molar-refractivity contribution in [1.82, 2.24) is 10.2 Å². The Bertz CT molecular complexity index is 657. The molecule has 2 heterocycles. The SMILES string of the molecule is COc1ccc2c(c1)O[C@@]1(CCCN(CC3CCCCC3)C1)CNC2=O. The summed E-state index contributed by atoms with van der Waals surface area (Å²) in [5.41, 5.74) is 0.271. The minimum absolute atomic E-state index is 0.0519. The van der Waals surface area contributed by atoms with Crippen LogP contribution in [0.3, 0.4) is 0 Å². The van der Waals surface area contributed by atoms with Crippen molar-refractivity contribution in [3.63, 3.8) is 0 Å². The van der Waals surface area contributed by atoms with E-state index in [1.165, 1.54) is 38.6 Å². The highest BCUT2D eigenvalue weighted by molar-refractivity contribution is 5.97. The number of methoxy groups -OCH3 is 1. The summed E-state index contributed by atoms with van der Waals surface area (Å²) >= 11 is 0. The van der Waals surface area contributed by atoms with Gasteiger partial charge in [0.05, 0.1) is 19.2 Å². The van der Waals surface area contributed by atoms with Gasteiger partial charge in [-0.3, -0.25) is 9.69 Å². The lowest BCUT2D eigenvalue weighted by molar-refractivity contribution is -0.0108. The van der Waals surface area contributed by atoms with E-state index in [-0.39, 0.29) is 11.5 Å². The van der Waals surface area contributed by atoms with E-state index in [1.54, 1.807) is 13.2 Å². The first-order chi connectivity index (χ1) is 12.7. The maximum atomic E-state index is 12.5. The van der Waals surface area contributed by atoms with Gasteiger partial charge in [0.25, 0.3) is 5.91 Å². The summed E-state index contributed by atoms with van der Waals surface area (Å²) in [6.07, 6.45) is 8.97. The summed E-state index contributed by atoms with van der Waals surface area (Å²) in [6, 6.07) is 5.46.